The fourth-order valence-corrected chi connectivity index (χ4v) is 2.23. The minimum Gasteiger partial charge on any atom is -0.279 e. The Labute approximate surface area is 115 Å². The average Bonchev–Trinajstić information content (AvgIpc) is 3.20. The fraction of sp³-hybridized carbons (Fsp3) is 0. The minimum atomic E-state index is 0.390. The maximum absolute atomic E-state index is 6.41. The third kappa shape index (κ3) is 1.48. The lowest BCUT2D eigenvalue weighted by Crippen LogP contribution is -1.95. The van der Waals surface area contributed by atoms with Gasteiger partial charge in [-0.3, -0.25) is 4.40 Å². The Morgan fingerprint density at radius 3 is 2.45 bits per heavy atom. The van der Waals surface area contributed by atoms with Crippen molar-refractivity contribution in [3.63, 3.8) is 0 Å². The fourth-order valence-electron chi connectivity index (χ4n) is 1.91. The van der Waals surface area contributed by atoms with E-state index in [1.807, 2.05) is 0 Å². The molecule has 0 aliphatic heterocycles. The Kier molecular flexibility index (Phi) is 2.23. The third-order valence-electron chi connectivity index (χ3n) is 2.77. The zero-order chi connectivity index (χ0) is 13.5. The molecule has 4 aromatic heterocycles. The molecule has 0 spiro atoms. The normalized spacial score (nSPS) is 11.2. The Bertz CT molecular complexity index is 862. The molecule has 0 atom stereocenters. The van der Waals surface area contributed by atoms with Crippen LogP contribution in [0.1, 0.15) is 0 Å². The highest BCUT2D eigenvalue weighted by atomic mass is 35.5. The summed E-state index contributed by atoms with van der Waals surface area (Å²) in [6.45, 7) is 0. The van der Waals surface area contributed by atoms with Gasteiger partial charge in [0.1, 0.15) is 16.5 Å². The highest BCUT2D eigenvalue weighted by Gasteiger charge is 2.17. The van der Waals surface area contributed by atoms with Gasteiger partial charge in [0.15, 0.2) is 0 Å². The number of nitrogens with zero attached hydrogens (tertiary/aromatic N) is 8. The van der Waals surface area contributed by atoms with E-state index in [1.54, 1.807) is 22.7 Å². The lowest BCUT2D eigenvalue weighted by molar-refractivity contribution is 0.881. The molecule has 10 nitrogen and oxygen atoms in total. The van der Waals surface area contributed by atoms with Crippen molar-refractivity contribution in [2.45, 2.75) is 0 Å². The van der Waals surface area contributed by atoms with Gasteiger partial charge in [-0.05, 0) is 22.6 Å². The molecule has 0 radical (unpaired) electrons. The van der Waals surface area contributed by atoms with Gasteiger partial charge in [0.25, 0.3) is 0 Å². The van der Waals surface area contributed by atoms with Gasteiger partial charge in [-0.2, -0.15) is 10.4 Å². The first-order chi connectivity index (χ1) is 9.84. The molecule has 0 amide bonds. The monoisotopic (exact) mass is 288 g/mol. The van der Waals surface area contributed by atoms with E-state index in [1.165, 1.54) is 0 Å². The van der Waals surface area contributed by atoms with Crippen LogP contribution in [0.2, 0.25) is 5.15 Å². The van der Waals surface area contributed by atoms with Crippen LogP contribution in [0.15, 0.2) is 18.3 Å². The topological polar surface area (TPSA) is 126 Å². The van der Waals surface area contributed by atoms with Crippen molar-refractivity contribution in [2.75, 3.05) is 0 Å². The maximum Gasteiger partial charge on any atom is 0.223 e. The number of halogens is 1. The van der Waals surface area contributed by atoms with Crippen LogP contribution >= 0.6 is 11.6 Å². The van der Waals surface area contributed by atoms with E-state index in [2.05, 4.69) is 46.2 Å². The van der Waals surface area contributed by atoms with E-state index in [9.17, 15) is 0 Å². The number of hydrogen-bond acceptors (Lipinski definition) is 7. The van der Waals surface area contributed by atoms with E-state index in [0.717, 1.165) is 0 Å². The number of H-pyrrole nitrogens is 2. The first-order valence-corrected chi connectivity index (χ1v) is 5.86. The smallest absolute Gasteiger partial charge is 0.223 e. The van der Waals surface area contributed by atoms with Crippen LogP contribution in [0, 0.1) is 0 Å². The summed E-state index contributed by atoms with van der Waals surface area (Å²) in [6, 6.07) is 3.57. The Morgan fingerprint density at radius 2 is 1.75 bits per heavy atom. The molecule has 2 N–H and O–H groups in total. The first-order valence-electron chi connectivity index (χ1n) is 5.48. The number of aromatic amines is 2. The zero-order valence-electron chi connectivity index (χ0n) is 9.69. The summed E-state index contributed by atoms with van der Waals surface area (Å²) in [5.74, 6) is 0.786. The summed E-state index contributed by atoms with van der Waals surface area (Å²) in [5.41, 5.74) is 1.89. The van der Waals surface area contributed by atoms with Crippen LogP contribution in [0.25, 0.3) is 28.6 Å². The largest absolute Gasteiger partial charge is 0.279 e. The molecule has 4 heterocycles. The van der Waals surface area contributed by atoms with Crippen molar-refractivity contribution in [1.82, 2.24) is 50.6 Å². The highest BCUT2D eigenvalue weighted by molar-refractivity contribution is 6.32. The van der Waals surface area contributed by atoms with E-state index >= 15 is 0 Å². The summed E-state index contributed by atoms with van der Waals surface area (Å²) >= 11 is 6.41. The van der Waals surface area contributed by atoms with Gasteiger partial charge in [-0.15, -0.1) is 20.4 Å². The molecule has 11 heteroatoms. The summed E-state index contributed by atoms with van der Waals surface area (Å²) in [5, 5.41) is 27.9. The van der Waals surface area contributed by atoms with E-state index < -0.39 is 0 Å². The number of fused-ring (bicyclic) bond motifs is 1. The van der Waals surface area contributed by atoms with Gasteiger partial charge in [-0.1, -0.05) is 11.6 Å². The number of imidazole rings is 1. The molecule has 4 aromatic rings. The van der Waals surface area contributed by atoms with Crippen molar-refractivity contribution >= 4 is 17.2 Å². The molecule has 0 aliphatic carbocycles. The number of tetrazole rings is 2. The summed E-state index contributed by atoms with van der Waals surface area (Å²) in [6.07, 6.45) is 1.62. The Hall–Kier alpha value is -2.88. The number of hydrogen-bond donors (Lipinski definition) is 2. The van der Waals surface area contributed by atoms with E-state index in [-0.39, 0.29) is 0 Å². The van der Waals surface area contributed by atoms with Gasteiger partial charge in [0.2, 0.25) is 11.6 Å². The van der Waals surface area contributed by atoms with Gasteiger partial charge >= 0.3 is 0 Å². The van der Waals surface area contributed by atoms with Gasteiger partial charge in [-0.25, -0.2) is 4.98 Å². The molecule has 0 unspecified atom stereocenters. The van der Waals surface area contributed by atoms with Gasteiger partial charge < -0.3 is 0 Å². The van der Waals surface area contributed by atoms with E-state index in [0.29, 0.717) is 33.7 Å². The number of aromatic nitrogens is 10. The van der Waals surface area contributed by atoms with Crippen molar-refractivity contribution in [1.29, 1.82) is 0 Å². The predicted octanol–water partition coefficient (Wildman–Crippen LogP) is 0.348. The van der Waals surface area contributed by atoms with Crippen LogP contribution in [0.3, 0.4) is 0 Å². The highest BCUT2D eigenvalue weighted by Crippen LogP contribution is 2.29. The predicted molar refractivity (Wildman–Crippen MR) is 66.5 cm³/mol. The van der Waals surface area contributed by atoms with Crippen molar-refractivity contribution in [2.24, 2.45) is 0 Å². The lowest BCUT2D eigenvalue weighted by atomic mass is 10.2. The molecule has 0 aromatic carbocycles. The molecule has 4 rings (SSSR count). The molecule has 20 heavy (non-hydrogen) atoms. The van der Waals surface area contributed by atoms with Crippen LogP contribution in [-0.2, 0) is 0 Å². The molecular formula is C9H5ClN10. The first kappa shape index (κ1) is 11.0. The van der Waals surface area contributed by atoms with Gasteiger partial charge in [0.05, 0.1) is 11.8 Å². The summed E-state index contributed by atoms with van der Waals surface area (Å²) in [4.78, 5) is 4.25. The van der Waals surface area contributed by atoms with Crippen molar-refractivity contribution in [3.8, 4) is 22.9 Å². The minimum absolute atomic E-state index is 0.390. The molecule has 0 saturated carbocycles. The average molecular weight is 289 g/mol. The molecule has 0 bridgehead atoms. The molecule has 0 fully saturated rings. The second kappa shape index (κ2) is 4.06. The zero-order valence-corrected chi connectivity index (χ0v) is 10.4. The summed E-state index contributed by atoms with van der Waals surface area (Å²) < 4.78 is 1.69. The second-order valence-electron chi connectivity index (χ2n) is 3.85. The summed E-state index contributed by atoms with van der Waals surface area (Å²) in [7, 11) is 0. The maximum atomic E-state index is 6.41. The van der Waals surface area contributed by atoms with Crippen LogP contribution in [-0.4, -0.2) is 50.6 Å². The van der Waals surface area contributed by atoms with Crippen LogP contribution < -0.4 is 0 Å². The molecule has 98 valence electrons. The Balaban J connectivity index is 2.02. The quantitative estimate of drug-likeness (QED) is 0.509. The SMILES string of the molecule is Clc1c(-c2nn[nH]n2)ccc2ncc(-c3nn[nH]n3)n12. The molecular weight excluding hydrogens is 284 g/mol. The lowest BCUT2D eigenvalue weighted by Gasteiger charge is -2.04. The number of nitrogens with one attached hydrogen (secondary N) is 2. The molecule has 0 aliphatic rings. The number of pyridine rings is 1. The number of rotatable bonds is 2. The van der Waals surface area contributed by atoms with Crippen molar-refractivity contribution in [3.05, 3.63) is 23.5 Å². The Morgan fingerprint density at radius 1 is 1.00 bits per heavy atom. The second-order valence-corrected chi connectivity index (χ2v) is 4.20. The molecule has 0 saturated heterocycles. The van der Waals surface area contributed by atoms with E-state index in [4.69, 9.17) is 11.6 Å². The van der Waals surface area contributed by atoms with Gasteiger partial charge in [0, 0.05) is 0 Å². The van der Waals surface area contributed by atoms with Crippen molar-refractivity contribution < 1.29 is 0 Å². The standard InChI is InChI=1S/C9H5ClN10/c10-7-4(8-12-16-17-13-8)1-2-6-11-3-5(20(6)7)9-14-18-19-15-9/h1-3H,(H,12,13,16,17)(H,14,15,18,19). The van der Waals surface area contributed by atoms with Crippen LogP contribution in [0.5, 0.6) is 0 Å². The third-order valence-corrected chi connectivity index (χ3v) is 3.14. The van der Waals surface area contributed by atoms with Crippen LogP contribution in [0.4, 0.5) is 0 Å².